The Morgan fingerprint density at radius 2 is 1.96 bits per heavy atom. The van der Waals surface area contributed by atoms with E-state index in [-0.39, 0.29) is 5.69 Å². The van der Waals surface area contributed by atoms with Crippen LogP contribution in [0.15, 0.2) is 52.0 Å². The molecule has 0 aromatic heterocycles. The standard InChI is InChI=1S/C18H17BrFN3O3/c1-11(17(24)22-15-6-4-3-5-14(15)20)18(25)23-21-10-12-7-8-16(26-2)13(19)9-12/h3-11H,1-2H3,(H,22,24)(H,23,25). The first-order chi connectivity index (χ1) is 12.4. The van der Waals surface area contributed by atoms with Gasteiger partial charge >= 0.3 is 0 Å². The molecule has 1 unspecified atom stereocenters. The van der Waals surface area contributed by atoms with E-state index in [1.54, 1.807) is 31.4 Å². The van der Waals surface area contributed by atoms with E-state index in [2.05, 4.69) is 31.8 Å². The number of para-hydroxylation sites is 1. The fourth-order valence-electron chi connectivity index (χ4n) is 1.95. The van der Waals surface area contributed by atoms with Gasteiger partial charge in [-0.25, -0.2) is 9.82 Å². The Morgan fingerprint density at radius 1 is 1.23 bits per heavy atom. The maximum Gasteiger partial charge on any atom is 0.252 e. The maximum absolute atomic E-state index is 13.5. The molecular formula is C18H17BrFN3O3. The number of nitrogens with zero attached hydrogens (tertiary/aromatic N) is 1. The van der Waals surface area contributed by atoms with Gasteiger partial charge in [0.1, 0.15) is 17.5 Å². The molecule has 2 aromatic carbocycles. The number of carbonyl (C=O) groups excluding carboxylic acids is 2. The first-order valence-corrected chi connectivity index (χ1v) is 8.43. The molecule has 0 aliphatic carbocycles. The number of benzene rings is 2. The number of anilines is 1. The summed E-state index contributed by atoms with van der Waals surface area (Å²) < 4.78 is 19.4. The van der Waals surface area contributed by atoms with Gasteiger partial charge in [-0.15, -0.1) is 0 Å². The highest BCUT2D eigenvalue weighted by Gasteiger charge is 2.22. The minimum absolute atomic E-state index is 0.0173. The number of halogens is 2. The van der Waals surface area contributed by atoms with Crippen molar-refractivity contribution in [3.8, 4) is 5.75 Å². The molecule has 26 heavy (non-hydrogen) atoms. The average molecular weight is 422 g/mol. The summed E-state index contributed by atoms with van der Waals surface area (Å²) in [6.45, 7) is 1.41. The Bertz CT molecular complexity index is 842. The van der Waals surface area contributed by atoms with Crippen LogP contribution < -0.4 is 15.5 Å². The van der Waals surface area contributed by atoms with Crippen molar-refractivity contribution in [1.29, 1.82) is 0 Å². The Labute approximate surface area is 158 Å². The van der Waals surface area contributed by atoms with Gasteiger partial charge in [0.2, 0.25) is 5.91 Å². The van der Waals surface area contributed by atoms with Gasteiger partial charge in [-0.1, -0.05) is 12.1 Å². The number of amides is 2. The van der Waals surface area contributed by atoms with Gasteiger partial charge in [0.15, 0.2) is 0 Å². The third kappa shape index (κ3) is 5.13. The molecule has 0 heterocycles. The van der Waals surface area contributed by atoms with Crippen molar-refractivity contribution < 1.29 is 18.7 Å². The van der Waals surface area contributed by atoms with E-state index in [4.69, 9.17) is 4.74 Å². The van der Waals surface area contributed by atoms with Crippen LogP contribution in [0.1, 0.15) is 12.5 Å². The summed E-state index contributed by atoms with van der Waals surface area (Å²) in [4.78, 5) is 24.1. The lowest BCUT2D eigenvalue weighted by molar-refractivity contribution is -0.131. The molecule has 0 aliphatic heterocycles. The van der Waals surface area contributed by atoms with Crippen molar-refractivity contribution >= 4 is 39.6 Å². The molecule has 2 N–H and O–H groups in total. The van der Waals surface area contributed by atoms with Crippen LogP contribution in [0.4, 0.5) is 10.1 Å². The van der Waals surface area contributed by atoms with Gasteiger partial charge in [0, 0.05) is 0 Å². The van der Waals surface area contributed by atoms with Gasteiger partial charge in [0.05, 0.1) is 23.5 Å². The van der Waals surface area contributed by atoms with Crippen molar-refractivity contribution in [2.45, 2.75) is 6.92 Å². The molecule has 2 rings (SSSR count). The Morgan fingerprint density at radius 3 is 2.62 bits per heavy atom. The van der Waals surface area contributed by atoms with E-state index in [1.165, 1.54) is 31.3 Å². The largest absolute Gasteiger partial charge is 0.496 e. The Balaban J connectivity index is 1.93. The second kappa shape index (κ2) is 9.10. The zero-order valence-corrected chi connectivity index (χ0v) is 15.7. The molecular weight excluding hydrogens is 405 g/mol. The lowest BCUT2D eigenvalue weighted by Crippen LogP contribution is -2.34. The van der Waals surface area contributed by atoms with Crippen molar-refractivity contribution in [2.75, 3.05) is 12.4 Å². The summed E-state index contributed by atoms with van der Waals surface area (Å²) in [5.74, 6) is -2.19. The highest BCUT2D eigenvalue weighted by Crippen LogP contribution is 2.24. The monoisotopic (exact) mass is 421 g/mol. The minimum Gasteiger partial charge on any atom is -0.496 e. The van der Waals surface area contributed by atoms with Gasteiger partial charge in [-0.2, -0.15) is 5.10 Å². The highest BCUT2D eigenvalue weighted by atomic mass is 79.9. The maximum atomic E-state index is 13.5. The minimum atomic E-state index is -1.05. The molecule has 0 saturated carbocycles. The Kier molecular flexibility index (Phi) is 6.85. The molecule has 0 fully saturated rings. The van der Waals surface area contributed by atoms with Crippen molar-refractivity contribution in [2.24, 2.45) is 11.0 Å². The highest BCUT2D eigenvalue weighted by molar-refractivity contribution is 9.10. The molecule has 2 aromatic rings. The normalized spacial score (nSPS) is 11.8. The third-order valence-electron chi connectivity index (χ3n) is 3.48. The number of rotatable bonds is 6. The molecule has 0 aliphatic rings. The topological polar surface area (TPSA) is 79.8 Å². The van der Waals surface area contributed by atoms with Crippen LogP contribution in [0.25, 0.3) is 0 Å². The molecule has 136 valence electrons. The summed E-state index contributed by atoms with van der Waals surface area (Å²) in [6, 6.07) is 11.0. The molecule has 1 atom stereocenters. The van der Waals surface area contributed by atoms with Crippen LogP contribution >= 0.6 is 15.9 Å². The van der Waals surface area contributed by atoms with E-state index in [9.17, 15) is 14.0 Å². The Hall–Kier alpha value is -2.74. The summed E-state index contributed by atoms with van der Waals surface area (Å²) >= 11 is 3.35. The van der Waals surface area contributed by atoms with Crippen LogP contribution in [-0.4, -0.2) is 25.1 Å². The molecule has 6 nitrogen and oxygen atoms in total. The molecule has 8 heteroatoms. The SMILES string of the molecule is COc1ccc(C=NNC(=O)C(C)C(=O)Nc2ccccc2F)cc1Br. The van der Waals surface area contributed by atoms with Crippen LogP contribution in [0.2, 0.25) is 0 Å². The third-order valence-corrected chi connectivity index (χ3v) is 4.10. The first kappa shape index (κ1) is 19.6. The lowest BCUT2D eigenvalue weighted by Gasteiger charge is -2.11. The first-order valence-electron chi connectivity index (χ1n) is 7.64. The van der Waals surface area contributed by atoms with Gasteiger partial charge in [0.25, 0.3) is 5.91 Å². The van der Waals surface area contributed by atoms with Crippen molar-refractivity contribution in [1.82, 2.24) is 5.43 Å². The number of nitrogens with one attached hydrogen (secondary N) is 2. The van der Waals surface area contributed by atoms with Crippen LogP contribution in [0, 0.1) is 11.7 Å². The summed E-state index contributed by atoms with van der Waals surface area (Å²) in [5, 5.41) is 6.20. The van der Waals surface area contributed by atoms with Gasteiger partial charge in [-0.05, 0) is 58.7 Å². The molecule has 0 bridgehead atoms. The van der Waals surface area contributed by atoms with E-state index < -0.39 is 23.5 Å². The molecule has 0 radical (unpaired) electrons. The van der Waals surface area contributed by atoms with E-state index in [1.807, 2.05) is 0 Å². The average Bonchev–Trinajstić information content (AvgIpc) is 2.63. The predicted molar refractivity (Wildman–Crippen MR) is 101 cm³/mol. The number of methoxy groups -OCH3 is 1. The molecule has 0 spiro atoms. The number of ether oxygens (including phenoxy) is 1. The summed E-state index contributed by atoms with van der Waals surface area (Å²) in [7, 11) is 1.56. The van der Waals surface area contributed by atoms with E-state index >= 15 is 0 Å². The quantitative estimate of drug-likeness (QED) is 0.426. The number of hydrogen-bond acceptors (Lipinski definition) is 4. The number of carbonyl (C=O) groups is 2. The zero-order valence-electron chi connectivity index (χ0n) is 14.1. The van der Waals surface area contributed by atoms with Crippen LogP contribution in [-0.2, 0) is 9.59 Å². The van der Waals surface area contributed by atoms with E-state index in [0.29, 0.717) is 5.75 Å². The fourth-order valence-corrected chi connectivity index (χ4v) is 2.51. The van der Waals surface area contributed by atoms with Crippen molar-refractivity contribution in [3.05, 3.63) is 58.3 Å². The smallest absolute Gasteiger partial charge is 0.252 e. The number of hydrazone groups is 1. The molecule has 2 amide bonds. The molecule has 0 saturated heterocycles. The van der Waals surface area contributed by atoms with Crippen LogP contribution in [0.3, 0.4) is 0 Å². The van der Waals surface area contributed by atoms with Gasteiger partial charge < -0.3 is 10.1 Å². The van der Waals surface area contributed by atoms with Gasteiger partial charge in [-0.3, -0.25) is 9.59 Å². The summed E-state index contributed by atoms with van der Waals surface area (Å²) in [6.07, 6.45) is 1.43. The number of hydrogen-bond donors (Lipinski definition) is 2. The predicted octanol–water partition coefficient (Wildman–Crippen LogP) is 3.32. The van der Waals surface area contributed by atoms with E-state index in [0.717, 1.165) is 10.0 Å². The fraction of sp³-hybridized carbons (Fsp3) is 0.167. The van der Waals surface area contributed by atoms with Crippen molar-refractivity contribution in [3.63, 3.8) is 0 Å². The second-order valence-corrected chi connectivity index (χ2v) is 6.17. The second-order valence-electron chi connectivity index (χ2n) is 5.32. The van der Waals surface area contributed by atoms with Crippen LogP contribution in [0.5, 0.6) is 5.75 Å². The summed E-state index contributed by atoms with van der Waals surface area (Å²) in [5.41, 5.74) is 3.03. The lowest BCUT2D eigenvalue weighted by atomic mass is 10.1. The zero-order chi connectivity index (χ0) is 19.1.